The molecule has 0 aliphatic carbocycles. The molecular weight excluding hydrogens is 286 g/mol. The van der Waals surface area contributed by atoms with Crippen LogP contribution in [0.3, 0.4) is 0 Å². The topological polar surface area (TPSA) is 39.6 Å². The zero-order valence-corrected chi connectivity index (χ0v) is 13.0. The van der Waals surface area contributed by atoms with Crippen molar-refractivity contribution in [1.29, 1.82) is 0 Å². The number of anilines is 1. The lowest BCUT2D eigenvalue weighted by Crippen LogP contribution is -2.47. The molecule has 112 valence electrons. The van der Waals surface area contributed by atoms with Crippen molar-refractivity contribution in [3.05, 3.63) is 34.9 Å². The van der Waals surface area contributed by atoms with Crippen LogP contribution in [0.1, 0.15) is 5.56 Å². The number of nitrogens with zero attached hydrogens (tertiary/aromatic N) is 3. The molecule has 1 aliphatic rings. The van der Waals surface area contributed by atoms with Gasteiger partial charge in [0, 0.05) is 43.1 Å². The molecule has 0 unspecified atom stereocenters. The molecule has 0 bridgehead atoms. The van der Waals surface area contributed by atoms with Crippen LogP contribution < -0.4 is 4.90 Å². The Balaban J connectivity index is 1.84. The van der Waals surface area contributed by atoms with Crippen LogP contribution in [0.2, 0.25) is 5.02 Å². The molecule has 0 atom stereocenters. The van der Waals surface area contributed by atoms with Gasteiger partial charge >= 0.3 is 0 Å². The molecule has 0 spiro atoms. The van der Waals surface area contributed by atoms with Crippen LogP contribution in [0, 0.1) is 6.92 Å². The first-order valence-electron chi connectivity index (χ1n) is 7.32. The quantitative estimate of drug-likeness (QED) is 0.944. The van der Waals surface area contributed by atoms with Gasteiger partial charge in [-0.1, -0.05) is 17.7 Å². The molecule has 1 aliphatic heterocycles. The van der Waals surface area contributed by atoms with Gasteiger partial charge in [-0.05, 0) is 30.7 Å². The summed E-state index contributed by atoms with van der Waals surface area (Å²) in [5.74, 6) is 1.02. The standard InChI is InChI=1S/C16H20ClN3O/c1-12-10-16(18-15-11-13(17)2-3-14(12)15)20-6-4-19(5-7-20)8-9-21/h2-3,10-11,21H,4-9H2,1H3. The minimum atomic E-state index is 0.228. The van der Waals surface area contributed by atoms with Gasteiger partial charge in [0.25, 0.3) is 0 Å². The number of rotatable bonds is 3. The van der Waals surface area contributed by atoms with Crippen molar-refractivity contribution in [1.82, 2.24) is 9.88 Å². The fourth-order valence-electron chi connectivity index (χ4n) is 2.86. The van der Waals surface area contributed by atoms with E-state index in [0.717, 1.165) is 54.5 Å². The lowest BCUT2D eigenvalue weighted by molar-refractivity contribution is 0.188. The van der Waals surface area contributed by atoms with E-state index in [1.165, 1.54) is 5.56 Å². The van der Waals surface area contributed by atoms with Crippen molar-refractivity contribution < 1.29 is 5.11 Å². The molecule has 4 nitrogen and oxygen atoms in total. The monoisotopic (exact) mass is 305 g/mol. The first-order valence-corrected chi connectivity index (χ1v) is 7.70. The van der Waals surface area contributed by atoms with Crippen molar-refractivity contribution in [2.75, 3.05) is 44.2 Å². The lowest BCUT2D eigenvalue weighted by atomic mass is 10.1. The third-order valence-electron chi connectivity index (χ3n) is 4.08. The summed E-state index contributed by atoms with van der Waals surface area (Å²) in [6.07, 6.45) is 0. The molecule has 1 N–H and O–H groups in total. The molecule has 21 heavy (non-hydrogen) atoms. The van der Waals surface area contributed by atoms with Crippen LogP contribution in [-0.2, 0) is 0 Å². The number of fused-ring (bicyclic) bond motifs is 1. The Labute approximate surface area is 129 Å². The van der Waals surface area contributed by atoms with Gasteiger partial charge in [0.1, 0.15) is 5.82 Å². The Hall–Kier alpha value is -1.36. The number of hydrogen-bond acceptors (Lipinski definition) is 4. The molecule has 0 saturated carbocycles. The SMILES string of the molecule is Cc1cc(N2CCN(CCO)CC2)nc2cc(Cl)ccc12. The number of aromatic nitrogens is 1. The second kappa shape index (κ2) is 6.18. The Kier molecular flexibility index (Phi) is 4.29. The Bertz CT molecular complexity index is 639. The number of aliphatic hydroxyl groups excluding tert-OH is 1. The summed E-state index contributed by atoms with van der Waals surface area (Å²) < 4.78 is 0. The van der Waals surface area contributed by atoms with E-state index in [2.05, 4.69) is 22.8 Å². The first kappa shape index (κ1) is 14.6. The smallest absolute Gasteiger partial charge is 0.129 e. The summed E-state index contributed by atoms with van der Waals surface area (Å²) in [5.41, 5.74) is 2.18. The summed E-state index contributed by atoms with van der Waals surface area (Å²) in [7, 11) is 0. The molecular formula is C16H20ClN3O. The number of pyridine rings is 1. The van der Waals surface area contributed by atoms with E-state index >= 15 is 0 Å². The van der Waals surface area contributed by atoms with Crippen molar-refractivity contribution in [2.45, 2.75) is 6.92 Å². The predicted molar refractivity (Wildman–Crippen MR) is 87.2 cm³/mol. The summed E-state index contributed by atoms with van der Waals surface area (Å²) in [6.45, 7) is 6.92. The fraction of sp³-hybridized carbons (Fsp3) is 0.438. The van der Waals surface area contributed by atoms with Gasteiger partial charge in [0.05, 0.1) is 12.1 Å². The average Bonchev–Trinajstić information content (AvgIpc) is 2.48. The molecule has 5 heteroatoms. The molecule has 1 fully saturated rings. The normalized spacial score (nSPS) is 16.6. The summed E-state index contributed by atoms with van der Waals surface area (Å²) in [4.78, 5) is 9.35. The van der Waals surface area contributed by atoms with E-state index in [1.54, 1.807) is 0 Å². The summed E-state index contributed by atoms with van der Waals surface area (Å²) in [6, 6.07) is 8.02. The van der Waals surface area contributed by atoms with Gasteiger partial charge in [0.2, 0.25) is 0 Å². The van der Waals surface area contributed by atoms with Crippen LogP contribution in [0.25, 0.3) is 10.9 Å². The highest BCUT2D eigenvalue weighted by Gasteiger charge is 2.18. The van der Waals surface area contributed by atoms with E-state index in [0.29, 0.717) is 0 Å². The molecule has 0 amide bonds. The maximum absolute atomic E-state index is 9.00. The minimum absolute atomic E-state index is 0.228. The van der Waals surface area contributed by atoms with Gasteiger partial charge in [-0.15, -0.1) is 0 Å². The highest BCUT2D eigenvalue weighted by molar-refractivity contribution is 6.31. The summed E-state index contributed by atoms with van der Waals surface area (Å²) >= 11 is 6.08. The largest absolute Gasteiger partial charge is 0.395 e. The Morgan fingerprint density at radius 1 is 1.19 bits per heavy atom. The maximum Gasteiger partial charge on any atom is 0.129 e. The van der Waals surface area contributed by atoms with Crippen molar-refractivity contribution in [3.8, 4) is 0 Å². The van der Waals surface area contributed by atoms with E-state index in [9.17, 15) is 0 Å². The van der Waals surface area contributed by atoms with Crippen LogP contribution >= 0.6 is 11.6 Å². The number of halogens is 1. The van der Waals surface area contributed by atoms with Gasteiger partial charge in [-0.25, -0.2) is 4.98 Å². The predicted octanol–water partition coefficient (Wildman–Crippen LogP) is 2.31. The molecule has 2 heterocycles. The zero-order valence-electron chi connectivity index (χ0n) is 12.2. The number of β-amino-alcohol motifs (C(OH)–C–C–N with tert-alkyl or cyclic N) is 1. The van der Waals surface area contributed by atoms with Crippen molar-refractivity contribution in [3.63, 3.8) is 0 Å². The van der Waals surface area contributed by atoms with E-state index in [4.69, 9.17) is 21.7 Å². The number of benzene rings is 1. The molecule has 1 aromatic carbocycles. The number of aliphatic hydroxyl groups is 1. The second-order valence-electron chi connectivity index (χ2n) is 5.51. The molecule has 2 aromatic rings. The molecule has 1 saturated heterocycles. The minimum Gasteiger partial charge on any atom is -0.395 e. The zero-order chi connectivity index (χ0) is 14.8. The third kappa shape index (κ3) is 3.12. The molecule has 1 aromatic heterocycles. The van der Waals surface area contributed by atoms with E-state index in [-0.39, 0.29) is 6.61 Å². The highest BCUT2D eigenvalue weighted by atomic mass is 35.5. The second-order valence-corrected chi connectivity index (χ2v) is 5.95. The number of hydrogen-bond donors (Lipinski definition) is 1. The third-order valence-corrected chi connectivity index (χ3v) is 4.31. The molecule has 0 radical (unpaired) electrons. The lowest BCUT2D eigenvalue weighted by Gasteiger charge is -2.35. The Morgan fingerprint density at radius 2 is 1.95 bits per heavy atom. The van der Waals surface area contributed by atoms with Gasteiger partial charge < -0.3 is 10.0 Å². The average molecular weight is 306 g/mol. The van der Waals surface area contributed by atoms with Crippen LogP contribution in [0.4, 0.5) is 5.82 Å². The first-order chi connectivity index (χ1) is 10.2. The number of piperazine rings is 1. The highest BCUT2D eigenvalue weighted by Crippen LogP contribution is 2.25. The van der Waals surface area contributed by atoms with Crippen LogP contribution in [0.5, 0.6) is 0 Å². The van der Waals surface area contributed by atoms with Crippen LogP contribution in [0.15, 0.2) is 24.3 Å². The van der Waals surface area contributed by atoms with E-state index < -0.39 is 0 Å². The van der Waals surface area contributed by atoms with Gasteiger partial charge in [0.15, 0.2) is 0 Å². The fourth-order valence-corrected chi connectivity index (χ4v) is 3.03. The summed E-state index contributed by atoms with van der Waals surface area (Å²) in [5, 5.41) is 10.9. The van der Waals surface area contributed by atoms with Gasteiger partial charge in [-0.3, -0.25) is 4.90 Å². The van der Waals surface area contributed by atoms with Gasteiger partial charge in [-0.2, -0.15) is 0 Å². The van der Waals surface area contributed by atoms with E-state index in [1.807, 2.05) is 18.2 Å². The number of aryl methyl sites for hydroxylation is 1. The van der Waals surface area contributed by atoms with Crippen molar-refractivity contribution >= 4 is 28.3 Å². The van der Waals surface area contributed by atoms with Crippen LogP contribution in [-0.4, -0.2) is 54.3 Å². The maximum atomic E-state index is 9.00. The van der Waals surface area contributed by atoms with Crippen molar-refractivity contribution in [2.24, 2.45) is 0 Å². The molecule has 3 rings (SSSR count). The Morgan fingerprint density at radius 3 is 2.67 bits per heavy atom.